The van der Waals surface area contributed by atoms with Crippen molar-refractivity contribution in [2.45, 2.75) is 6.92 Å². The van der Waals surface area contributed by atoms with E-state index in [9.17, 15) is 18.4 Å². The lowest BCUT2D eigenvalue weighted by Crippen LogP contribution is -2.49. The second-order valence-corrected chi connectivity index (χ2v) is 6.02. The van der Waals surface area contributed by atoms with Crippen LogP contribution in [0.1, 0.15) is 17.4 Å². The molecule has 28 heavy (non-hydrogen) atoms. The van der Waals surface area contributed by atoms with Crippen LogP contribution in [0.25, 0.3) is 0 Å². The van der Waals surface area contributed by atoms with E-state index in [1.54, 1.807) is 11.8 Å². The summed E-state index contributed by atoms with van der Waals surface area (Å²) in [4.78, 5) is 35.8. The standard InChI is InChI=1S/C18H19F2N5O3/c1-2-28-18(27)25-7-5-24(6-8-25)16-10-15(21-11-22-16)17(26)23-12-3-4-13(19)14(20)9-12/h3-4,9-11H,2,5-8H2,1H3,(H,23,26). The molecular weight excluding hydrogens is 372 g/mol. The molecule has 2 aromatic rings. The molecule has 0 atom stereocenters. The Balaban J connectivity index is 1.64. The van der Waals surface area contributed by atoms with E-state index in [0.717, 1.165) is 12.1 Å². The van der Waals surface area contributed by atoms with Crippen LogP contribution in [0.2, 0.25) is 0 Å². The number of ether oxygens (including phenoxy) is 1. The van der Waals surface area contributed by atoms with Crippen LogP contribution in [0.5, 0.6) is 0 Å². The van der Waals surface area contributed by atoms with E-state index in [2.05, 4.69) is 15.3 Å². The van der Waals surface area contributed by atoms with Gasteiger partial charge in [-0.3, -0.25) is 4.79 Å². The summed E-state index contributed by atoms with van der Waals surface area (Å²) in [5, 5.41) is 2.47. The molecule has 1 aromatic heterocycles. The third-order valence-corrected chi connectivity index (χ3v) is 4.19. The van der Waals surface area contributed by atoms with Crippen LogP contribution in [0.4, 0.5) is 25.1 Å². The van der Waals surface area contributed by atoms with Crippen molar-refractivity contribution in [3.63, 3.8) is 0 Å². The highest BCUT2D eigenvalue weighted by molar-refractivity contribution is 6.03. The SMILES string of the molecule is CCOC(=O)N1CCN(c2cc(C(=O)Nc3ccc(F)c(F)c3)ncn2)CC1. The molecule has 2 heterocycles. The molecule has 0 spiro atoms. The topological polar surface area (TPSA) is 87.7 Å². The first-order chi connectivity index (χ1) is 13.5. The second-order valence-electron chi connectivity index (χ2n) is 6.02. The smallest absolute Gasteiger partial charge is 0.409 e. The van der Waals surface area contributed by atoms with Gasteiger partial charge in [-0.15, -0.1) is 0 Å². The van der Waals surface area contributed by atoms with Gasteiger partial charge in [0.25, 0.3) is 5.91 Å². The third kappa shape index (κ3) is 4.51. The molecule has 1 aromatic carbocycles. The summed E-state index contributed by atoms with van der Waals surface area (Å²) in [6.45, 7) is 4.07. The Bertz CT molecular complexity index is 872. The maximum Gasteiger partial charge on any atom is 0.409 e. The fourth-order valence-electron chi connectivity index (χ4n) is 2.75. The molecule has 8 nitrogen and oxygen atoms in total. The van der Waals surface area contributed by atoms with Gasteiger partial charge in [-0.25, -0.2) is 23.5 Å². The van der Waals surface area contributed by atoms with Crippen LogP contribution < -0.4 is 10.2 Å². The molecule has 0 radical (unpaired) electrons. The molecule has 0 unspecified atom stereocenters. The predicted octanol–water partition coefficient (Wildman–Crippen LogP) is 2.29. The summed E-state index contributed by atoms with van der Waals surface area (Å²) in [5.74, 6) is -2.08. The largest absolute Gasteiger partial charge is 0.450 e. The molecule has 0 saturated carbocycles. The first kappa shape index (κ1) is 19.5. The molecular formula is C18H19F2N5O3. The van der Waals surface area contributed by atoms with Gasteiger partial charge in [0, 0.05) is 44.0 Å². The Morgan fingerprint density at radius 2 is 1.86 bits per heavy atom. The highest BCUT2D eigenvalue weighted by Gasteiger charge is 2.23. The van der Waals surface area contributed by atoms with Crippen molar-refractivity contribution in [2.75, 3.05) is 43.0 Å². The number of anilines is 2. The van der Waals surface area contributed by atoms with Crippen LogP contribution in [-0.4, -0.2) is 59.7 Å². The van der Waals surface area contributed by atoms with E-state index in [-0.39, 0.29) is 17.5 Å². The van der Waals surface area contributed by atoms with E-state index in [0.29, 0.717) is 38.6 Å². The lowest BCUT2D eigenvalue weighted by molar-refractivity contribution is 0.102. The number of aromatic nitrogens is 2. The quantitative estimate of drug-likeness (QED) is 0.861. The summed E-state index contributed by atoms with van der Waals surface area (Å²) in [6, 6.07) is 4.59. The van der Waals surface area contributed by atoms with Gasteiger partial charge in [0.1, 0.15) is 17.8 Å². The molecule has 10 heteroatoms. The maximum atomic E-state index is 13.3. The van der Waals surface area contributed by atoms with E-state index in [1.807, 2.05) is 4.90 Å². The molecule has 0 aliphatic carbocycles. The Morgan fingerprint density at radius 3 is 2.54 bits per heavy atom. The number of piperazine rings is 1. The van der Waals surface area contributed by atoms with Gasteiger partial charge >= 0.3 is 6.09 Å². The van der Waals surface area contributed by atoms with Gasteiger partial charge in [-0.1, -0.05) is 0 Å². The summed E-state index contributed by atoms with van der Waals surface area (Å²) in [7, 11) is 0. The molecule has 1 aliphatic heterocycles. The molecule has 0 bridgehead atoms. The Labute approximate surface area is 160 Å². The second kappa shape index (κ2) is 8.59. The number of halogens is 2. The number of nitrogens with one attached hydrogen (secondary N) is 1. The number of nitrogens with zero attached hydrogens (tertiary/aromatic N) is 4. The molecule has 2 amide bonds. The third-order valence-electron chi connectivity index (χ3n) is 4.19. The lowest BCUT2D eigenvalue weighted by atomic mass is 10.2. The molecule has 3 rings (SSSR count). The first-order valence-electron chi connectivity index (χ1n) is 8.73. The predicted molar refractivity (Wildman–Crippen MR) is 97.2 cm³/mol. The number of hydrogen-bond acceptors (Lipinski definition) is 6. The van der Waals surface area contributed by atoms with Crippen LogP contribution in [-0.2, 0) is 4.74 Å². The van der Waals surface area contributed by atoms with Crippen molar-refractivity contribution >= 4 is 23.5 Å². The number of benzene rings is 1. The zero-order valence-electron chi connectivity index (χ0n) is 15.2. The summed E-state index contributed by atoms with van der Waals surface area (Å²) >= 11 is 0. The molecule has 148 valence electrons. The minimum Gasteiger partial charge on any atom is -0.450 e. The van der Waals surface area contributed by atoms with Gasteiger partial charge in [-0.2, -0.15) is 0 Å². The molecule has 1 saturated heterocycles. The van der Waals surface area contributed by atoms with Crippen molar-refractivity contribution in [3.8, 4) is 0 Å². The van der Waals surface area contributed by atoms with Gasteiger partial charge < -0.3 is 19.9 Å². The van der Waals surface area contributed by atoms with Gasteiger partial charge in [0.2, 0.25) is 0 Å². The van der Waals surface area contributed by atoms with Crippen LogP contribution in [0.15, 0.2) is 30.6 Å². The van der Waals surface area contributed by atoms with Crippen LogP contribution in [0.3, 0.4) is 0 Å². The van der Waals surface area contributed by atoms with Crippen molar-refractivity contribution in [3.05, 3.63) is 47.9 Å². The van der Waals surface area contributed by atoms with Crippen molar-refractivity contribution in [1.29, 1.82) is 0 Å². The summed E-state index contributed by atoms with van der Waals surface area (Å²) in [6.07, 6.45) is 0.907. The minimum absolute atomic E-state index is 0.0857. The van der Waals surface area contributed by atoms with Gasteiger partial charge in [0.15, 0.2) is 11.6 Å². The van der Waals surface area contributed by atoms with Crippen LogP contribution >= 0.6 is 0 Å². The van der Waals surface area contributed by atoms with Crippen molar-refractivity contribution < 1.29 is 23.1 Å². The average molecular weight is 391 g/mol. The average Bonchev–Trinajstić information content (AvgIpc) is 2.71. The fraction of sp³-hybridized carbons (Fsp3) is 0.333. The highest BCUT2D eigenvalue weighted by Crippen LogP contribution is 2.17. The minimum atomic E-state index is -1.05. The maximum absolute atomic E-state index is 13.3. The molecule has 1 aliphatic rings. The zero-order valence-corrected chi connectivity index (χ0v) is 15.2. The summed E-state index contributed by atoms with van der Waals surface area (Å²) in [5.41, 5.74) is 0.203. The van der Waals surface area contributed by atoms with E-state index in [1.165, 1.54) is 18.5 Å². The van der Waals surface area contributed by atoms with Gasteiger partial charge in [0.05, 0.1) is 6.61 Å². The Morgan fingerprint density at radius 1 is 1.11 bits per heavy atom. The van der Waals surface area contributed by atoms with Crippen molar-refractivity contribution in [1.82, 2.24) is 14.9 Å². The van der Waals surface area contributed by atoms with Crippen LogP contribution in [0, 0.1) is 11.6 Å². The zero-order chi connectivity index (χ0) is 20.1. The highest BCUT2D eigenvalue weighted by atomic mass is 19.2. The van der Waals surface area contributed by atoms with E-state index in [4.69, 9.17) is 4.74 Å². The van der Waals surface area contributed by atoms with Gasteiger partial charge in [-0.05, 0) is 19.1 Å². The van der Waals surface area contributed by atoms with E-state index >= 15 is 0 Å². The Kier molecular flexibility index (Phi) is 5.97. The number of amides is 2. The number of carbonyl (C=O) groups is 2. The monoisotopic (exact) mass is 391 g/mol. The number of hydrogen-bond donors (Lipinski definition) is 1. The Hall–Kier alpha value is -3.30. The number of carbonyl (C=O) groups excluding carboxylic acids is 2. The van der Waals surface area contributed by atoms with E-state index < -0.39 is 17.5 Å². The summed E-state index contributed by atoms with van der Waals surface area (Å²) < 4.78 is 31.3. The van der Waals surface area contributed by atoms with Crippen molar-refractivity contribution in [2.24, 2.45) is 0 Å². The lowest BCUT2D eigenvalue weighted by Gasteiger charge is -2.34. The fourth-order valence-corrected chi connectivity index (χ4v) is 2.75. The molecule has 1 N–H and O–H groups in total. The first-order valence-corrected chi connectivity index (χ1v) is 8.73. The normalized spacial score (nSPS) is 14.0. The molecule has 1 fully saturated rings. The number of rotatable bonds is 4.